The lowest BCUT2D eigenvalue weighted by atomic mass is 9.88. The van der Waals surface area contributed by atoms with Crippen LogP contribution in [0.2, 0.25) is 0 Å². The number of aliphatic hydroxyl groups excluding tert-OH is 13. The molecule has 524 valence electrons. The molecule has 16 N–H and O–H groups in total. The van der Waals surface area contributed by atoms with Gasteiger partial charge in [0.2, 0.25) is 11.8 Å². The summed E-state index contributed by atoms with van der Waals surface area (Å²) in [6.45, 7) is 4.03. The van der Waals surface area contributed by atoms with Crippen LogP contribution in [0, 0.1) is 5.92 Å². The number of aliphatic carboxylic acids is 1. The SMILES string of the molecule is CCCCCCCCCCCCCCCCCCCC[C@H](O)C(=O)N[C@@H](CO[C@@H]1O[C@H](CO)[C@@H](O[C@@H]2O[C@H](CO)[C@H](O)[C@H](O[C@@]3(C(=O)O)C[C@H](O)[C@@H](NC(C)=O)[C@H]([C@H](O)[C@H](O)CO)O3)[C@H]2O)[C@H](O)[C@H]1O)[C@H](O)[C@@H](O)CCCCCCCCCCC[C@H](C)CC. The van der Waals surface area contributed by atoms with Crippen molar-refractivity contribution < 1.29 is 114 Å². The summed E-state index contributed by atoms with van der Waals surface area (Å²) in [6.07, 6.45) is -0.223. The van der Waals surface area contributed by atoms with Crippen LogP contribution < -0.4 is 10.6 Å². The molecule has 0 radical (unpaired) electrons. The van der Waals surface area contributed by atoms with Gasteiger partial charge in [-0.25, -0.2) is 4.79 Å². The van der Waals surface area contributed by atoms with Gasteiger partial charge in [0.1, 0.15) is 79.4 Å². The van der Waals surface area contributed by atoms with Crippen LogP contribution in [0.4, 0.5) is 0 Å². The van der Waals surface area contributed by atoms with E-state index in [4.69, 9.17) is 28.4 Å². The van der Waals surface area contributed by atoms with Crippen molar-refractivity contribution in [3.63, 3.8) is 0 Å². The fourth-order valence-corrected chi connectivity index (χ4v) is 12.1. The second-order valence-electron chi connectivity index (χ2n) is 25.6. The molecule has 3 saturated heterocycles. The average Bonchev–Trinajstić information content (AvgIpc) is 1.09. The molecule has 25 heteroatoms. The molecule has 0 unspecified atom stereocenters. The van der Waals surface area contributed by atoms with Crippen molar-refractivity contribution in [2.45, 2.75) is 355 Å². The molecule has 89 heavy (non-hydrogen) atoms. The first kappa shape index (κ1) is 80.9. The highest BCUT2D eigenvalue weighted by Gasteiger charge is 2.60. The normalized spacial score (nSPS) is 29.8. The highest BCUT2D eigenvalue weighted by atomic mass is 16.8. The van der Waals surface area contributed by atoms with Gasteiger partial charge in [-0.15, -0.1) is 0 Å². The van der Waals surface area contributed by atoms with Crippen molar-refractivity contribution in [2.75, 3.05) is 26.4 Å². The first-order valence-electron chi connectivity index (χ1n) is 34.0. The molecule has 0 bridgehead atoms. The third-order valence-electron chi connectivity index (χ3n) is 18.0. The Kier molecular flexibility index (Phi) is 41.0. The quantitative estimate of drug-likeness (QED) is 0.0389. The van der Waals surface area contributed by atoms with Gasteiger partial charge in [-0.05, 0) is 18.8 Å². The van der Waals surface area contributed by atoms with Crippen molar-refractivity contribution in [3.05, 3.63) is 0 Å². The van der Waals surface area contributed by atoms with E-state index in [2.05, 4.69) is 31.4 Å². The lowest BCUT2D eigenvalue weighted by Crippen LogP contribution is -2.70. The Morgan fingerprint density at radius 1 is 0.584 bits per heavy atom. The summed E-state index contributed by atoms with van der Waals surface area (Å²) in [5, 5.41) is 158. The van der Waals surface area contributed by atoms with Crippen molar-refractivity contribution in [1.82, 2.24) is 10.6 Å². The number of hydrogen-bond acceptors (Lipinski definition) is 22. The van der Waals surface area contributed by atoms with Crippen LogP contribution in [-0.2, 0) is 42.8 Å². The third kappa shape index (κ3) is 28.3. The van der Waals surface area contributed by atoms with E-state index in [-0.39, 0.29) is 12.8 Å². The van der Waals surface area contributed by atoms with Gasteiger partial charge < -0.3 is 111 Å². The maximum Gasteiger partial charge on any atom is 0.364 e. The van der Waals surface area contributed by atoms with Crippen LogP contribution in [0.1, 0.15) is 233 Å². The first-order valence-corrected chi connectivity index (χ1v) is 34.0. The van der Waals surface area contributed by atoms with Gasteiger partial charge in [-0.2, -0.15) is 0 Å². The second-order valence-corrected chi connectivity index (χ2v) is 25.6. The topological polar surface area (TPSA) is 414 Å². The van der Waals surface area contributed by atoms with Gasteiger partial charge in [0.25, 0.3) is 5.79 Å². The summed E-state index contributed by atoms with van der Waals surface area (Å²) in [7, 11) is 0. The van der Waals surface area contributed by atoms with E-state index in [0.717, 1.165) is 70.6 Å². The van der Waals surface area contributed by atoms with Crippen LogP contribution >= 0.6 is 0 Å². The number of carbonyl (C=O) groups excluding carboxylic acids is 2. The number of nitrogens with one attached hydrogen (secondary N) is 2. The molecular weight excluding hydrogens is 1160 g/mol. The summed E-state index contributed by atoms with van der Waals surface area (Å²) < 4.78 is 34.6. The van der Waals surface area contributed by atoms with E-state index in [1.807, 2.05) is 0 Å². The Balaban J connectivity index is 1.65. The zero-order valence-electron chi connectivity index (χ0n) is 53.9. The Labute approximate surface area is 528 Å². The van der Waals surface area contributed by atoms with E-state index in [1.165, 1.54) is 116 Å². The monoisotopic (exact) mass is 1280 g/mol. The second kappa shape index (κ2) is 45.1. The van der Waals surface area contributed by atoms with E-state index in [1.54, 1.807) is 0 Å². The molecule has 3 rings (SSSR count). The zero-order chi connectivity index (χ0) is 65.9. The van der Waals surface area contributed by atoms with Crippen LogP contribution in [-0.4, -0.2) is 238 Å². The summed E-state index contributed by atoms with van der Waals surface area (Å²) in [5.74, 6) is -5.98. The Bertz CT molecular complexity index is 1860. The molecular formula is C64H120N2O23. The molecule has 3 fully saturated rings. The van der Waals surface area contributed by atoms with Gasteiger partial charge >= 0.3 is 5.97 Å². The minimum absolute atomic E-state index is 0.133. The van der Waals surface area contributed by atoms with E-state index < -0.39 is 173 Å². The molecule has 3 aliphatic heterocycles. The number of ether oxygens (including phenoxy) is 6. The number of aliphatic hydroxyl groups is 13. The lowest BCUT2D eigenvalue weighted by molar-refractivity contribution is -0.386. The van der Waals surface area contributed by atoms with Crippen molar-refractivity contribution in [1.29, 1.82) is 0 Å². The highest BCUT2D eigenvalue weighted by molar-refractivity contribution is 5.80. The van der Waals surface area contributed by atoms with Crippen molar-refractivity contribution in [2.24, 2.45) is 5.92 Å². The first-order chi connectivity index (χ1) is 42.6. The van der Waals surface area contributed by atoms with Crippen LogP contribution in [0.25, 0.3) is 0 Å². The summed E-state index contributed by atoms with van der Waals surface area (Å²) in [5.41, 5.74) is 0. The van der Waals surface area contributed by atoms with Gasteiger partial charge in [0.15, 0.2) is 12.6 Å². The number of carboxylic acid groups (broad SMARTS) is 1. The van der Waals surface area contributed by atoms with Crippen LogP contribution in [0.15, 0.2) is 0 Å². The van der Waals surface area contributed by atoms with E-state index in [0.29, 0.717) is 12.8 Å². The molecule has 2 amide bonds. The lowest BCUT2D eigenvalue weighted by Gasteiger charge is -2.50. The molecule has 0 spiro atoms. The number of unbranched alkanes of at least 4 members (excludes halogenated alkanes) is 25. The molecule has 3 heterocycles. The predicted molar refractivity (Wildman–Crippen MR) is 327 cm³/mol. The molecule has 0 aromatic carbocycles. The van der Waals surface area contributed by atoms with Gasteiger partial charge in [0.05, 0.1) is 50.7 Å². The fourth-order valence-electron chi connectivity index (χ4n) is 12.1. The van der Waals surface area contributed by atoms with Crippen molar-refractivity contribution in [3.8, 4) is 0 Å². The van der Waals surface area contributed by atoms with Crippen LogP contribution in [0.5, 0.6) is 0 Å². The van der Waals surface area contributed by atoms with Gasteiger partial charge in [0, 0.05) is 13.3 Å². The van der Waals surface area contributed by atoms with Crippen molar-refractivity contribution >= 4 is 17.8 Å². The standard InChI is InChI=1S/C64H120N2O23/c1-5-7-8-9-10-11-12-13-14-15-16-17-18-19-22-26-29-32-35-45(72)60(81)66-43(51(75)44(71)34-31-28-25-23-20-21-24-27-30-33-41(3)6-2)40-84-61-55(79)54(78)57(49(39-69)86-61)87-62-56(80)59(53(77)48(38-68)85-62)89-64(63(82)83)36-46(73)50(65-42(4)70)58(88-64)52(76)47(74)37-67/h41,43-59,61-62,67-69,71-80H,5-40H2,1-4H3,(H,65,70)(H,66,81)(H,82,83)/t41-,43+,44+,45+,46+,47-,48-,49-,50-,51+,52-,53+,54-,55-,56-,57-,58-,59+,61-,62+,64-/m1/s1. The number of rotatable bonds is 50. The van der Waals surface area contributed by atoms with Crippen LogP contribution in [0.3, 0.4) is 0 Å². The minimum Gasteiger partial charge on any atom is -0.477 e. The Morgan fingerprint density at radius 3 is 1.54 bits per heavy atom. The molecule has 21 atom stereocenters. The maximum atomic E-state index is 13.6. The number of amides is 2. The zero-order valence-corrected chi connectivity index (χ0v) is 53.9. The average molecular weight is 1290 g/mol. The van der Waals surface area contributed by atoms with E-state index >= 15 is 0 Å². The predicted octanol–water partition coefficient (Wildman–Crippen LogP) is 3.14. The largest absolute Gasteiger partial charge is 0.477 e. The Morgan fingerprint density at radius 2 is 1.07 bits per heavy atom. The van der Waals surface area contributed by atoms with E-state index in [9.17, 15) is 85.9 Å². The minimum atomic E-state index is -3.11. The molecule has 0 aliphatic carbocycles. The number of carbonyl (C=O) groups is 3. The maximum absolute atomic E-state index is 13.6. The molecule has 3 aliphatic rings. The highest BCUT2D eigenvalue weighted by Crippen LogP contribution is 2.39. The summed E-state index contributed by atoms with van der Waals surface area (Å²) in [4.78, 5) is 38.6. The third-order valence-corrected chi connectivity index (χ3v) is 18.0. The summed E-state index contributed by atoms with van der Waals surface area (Å²) >= 11 is 0. The summed E-state index contributed by atoms with van der Waals surface area (Å²) in [6, 6.07) is -3.00. The molecule has 0 saturated carbocycles. The molecule has 25 nitrogen and oxygen atoms in total. The molecule has 0 aromatic heterocycles. The smallest absolute Gasteiger partial charge is 0.364 e. The van der Waals surface area contributed by atoms with Gasteiger partial charge in [-0.1, -0.05) is 207 Å². The number of carboxylic acids is 1. The fraction of sp³-hybridized carbons (Fsp3) is 0.953. The number of hydrogen-bond donors (Lipinski definition) is 16. The molecule has 0 aromatic rings. The Hall–Kier alpha value is -2.35. The van der Waals surface area contributed by atoms with Gasteiger partial charge in [-0.3, -0.25) is 9.59 Å².